The lowest BCUT2D eigenvalue weighted by Crippen LogP contribution is -2.46. The van der Waals surface area contributed by atoms with Crippen molar-refractivity contribution in [2.24, 2.45) is 11.7 Å². The number of halogens is 2. The summed E-state index contributed by atoms with van der Waals surface area (Å²) in [4.78, 5) is 12.4. The third kappa shape index (κ3) is 4.40. The van der Waals surface area contributed by atoms with Gasteiger partial charge in [0.05, 0.1) is 5.56 Å². The molecule has 2 rings (SSSR count). The average Bonchev–Trinajstić information content (AvgIpc) is 2.53. The standard InChI is InChI=1S/C16H22F2N2O2/c17-16(18)22-14-9-5-4-8-12(14)15(21)20-13(10-19)11-6-2-1-3-7-11/h4-5,8-9,11,13,16H,1-3,6-7,10,19H2,(H,20,21). The number of alkyl halides is 2. The molecule has 0 radical (unpaired) electrons. The van der Waals surface area contributed by atoms with Crippen molar-refractivity contribution in [1.29, 1.82) is 0 Å². The Kier molecular flexibility index (Phi) is 6.12. The molecule has 1 aromatic rings. The quantitative estimate of drug-likeness (QED) is 0.849. The second-order valence-electron chi connectivity index (χ2n) is 5.59. The molecule has 6 heteroatoms. The fraction of sp³-hybridized carbons (Fsp3) is 0.562. The maximum absolute atomic E-state index is 12.4. The van der Waals surface area contributed by atoms with E-state index < -0.39 is 12.5 Å². The van der Waals surface area contributed by atoms with Gasteiger partial charge in [-0.05, 0) is 30.9 Å². The number of hydrogen-bond donors (Lipinski definition) is 2. The van der Waals surface area contributed by atoms with Crippen LogP contribution in [0.4, 0.5) is 8.78 Å². The molecule has 22 heavy (non-hydrogen) atoms. The maximum Gasteiger partial charge on any atom is 0.387 e. The number of carbonyl (C=O) groups excluding carboxylic acids is 1. The van der Waals surface area contributed by atoms with E-state index in [0.717, 1.165) is 25.7 Å². The van der Waals surface area contributed by atoms with E-state index >= 15 is 0 Å². The lowest BCUT2D eigenvalue weighted by atomic mass is 9.84. The summed E-state index contributed by atoms with van der Waals surface area (Å²) in [5, 5.41) is 2.88. The summed E-state index contributed by atoms with van der Waals surface area (Å²) < 4.78 is 29.2. The monoisotopic (exact) mass is 312 g/mol. The fourth-order valence-electron chi connectivity index (χ4n) is 3.00. The molecule has 0 bridgehead atoms. The minimum absolute atomic E-state index is 0.108. The molecular formula is C16H22F2N2O2. The number of rotatable bonds is 6. The van der Waals surface area contributed by atoms with E-state index in [9.17, 15) is 13.6 Å². The molecule has 1 saturated carbocycles. The zero-order chi connectivity index (χ0) is 15.9. The van der Waals surface area contributed by atoms with Gasteiger partial charge in [-0.25, -0.2) is 0 Å². The van der Waals surface area contributed by atoms with Gasteiger partial charge in [0.25, 0.3) is 5.91 Å². The van der Waals surface area contributed by atoms with E-state index in [1.165, 1.54) is 18.6 Å². The molecule has 1 fully saturated rings. The first-order valence-corrected chi connectivity index (χ1v) is 7.66. The van der Waals surface area contributed by atoms with E-state index in [1.807, 2.05) is 0 Å². The summed E-state index contributed by atoms with van der Waals surface area (Å²) in [6.07, 6.45) is 5.58. The van der Waals surface area contributed by atoms with Crippen LogP contribution >= 0.6 is 0 Å². The number of nitrogens with two attached hydrogens (primary N) is 1. The highest BCUT2D eigenvalue weighted by atomic mass is 19.3. The van der Waals surface area contributed by atoms with Crippen LogP contribution in [0.1, 0.15) is 42.5 Å². The summed E-state index contributed by atoms with van der Waals surface area (Å²) in [7, 11) is 0. The summed E-state index contributed by atoms with van der Waals surface area (Å²) >= 11 is 0. The van der Waals surface area contributed by atoms with Crippen molar-refractivity contribution in [1.82, 2.24) is 5.32 Å². The third-order valence-electron chi connectivity index (χ3n) is 4.14. The Morgan fingerprint density at radius 1 is 1.27 bits per heavy atom. The number of carbonyl (C=O) groups is 1. The highest BCUT2D eigenvalue weighted by Gasteiger charge is 2.25. The second-order valence-corrected chi connectivity index (χ2v) is 5.59. The number of nitrogens with one attached hydrogen (secondary N) is 1. The molecule has 0 saturated heterocycles. The first-order valence-electron chi connectivity index (χ1n) is 7.66. The van der Waals surface area contributed by atoms with Gasteiger partial charge in [-0.3, -0.25) is 4.79 Å². The van der Waals surface area contributed by atoms with Crippen LogP contribution in [0.2, 0.25) is 0 Å². The van der Waals surface area contributed by atoms with E-state index in [0.29, 0.717) is 12.5 Å². The van der Waals surface area contributed by atoms with Gasteiger partial charge in [0, 0.05) is 12.6 Å². The Bertz CT molecular complexity index is 491. The minimum atomic E-state index is -2.96. The van der Waals surface area contributed by atoms with Crippen LogP contribution in [0.5, 0.6) is 5.75 Å². The van der Waals surface area contributed by atoms with Crippen molar-refractivity contribution >= 4 is 5.91 Å². The molecule has 1 atom stereocenters. The molecule has 3 N–H and O–H groups in total. The zero-order valence-corrected chi connectivity index (χ0v) is 12.4. The highest BCUT2D eigenvalue weighted by Crippen LogP contribution is 2.27. The average molecular weight is 312 g/mol. The first kappa shape index (κ1) is 16.7. The molecule has 0 heterocycles. The Labute approximate surface area is 129 Å². The molecule has 1 unspecified atom stereocenters. The number of ether oxygens (including phenoxy) is 1. The largest absolute Gasteiger partial charge is 0.434 e. The van der Waals surface area contributed by atoms with Gasteiger partial charge in [-0.1, -0.05) is 31.4 Å². The lowest BCUT2D eigenvalue weighted by molar-refractivity contribution is -0.0501. The van der Waals surface area contributed by atoms with Crippen LogP contribution in [-0.2, 0) is 0 Å². The van der Waals surface area contributed by atoms with Gasteiger partial charge in [0.2, 0.25) is 0 Å². The highest BCUT2D eigenvalue weighted by molar-refractivity contribution is 5.97. The number of hydrogen-bond acceptors (Lipinski definition) is 3. The van der Waals surface area contributed by atoms with Gasteiger partial charge in [0.15, 0.2) is 0 Å². The fourth-order valence-corrected chi connectivity index (χ4v) is 3.00. The van der Waals surface area contributed by atoms with Crippen molar-refractivity contribution in [2.45, 2.75) is 44.8 Å². The Balaban J connectivity index is 2.07. The number of amides is 1. The van der Waals surface area contributed by atoms with E-state index in [2.05, 4.69) is 10.1 Å². The van der Waals surface area contributed by atoms with Crippen LogP contribution in [0.25, 0.3) is 0 Å². The zero-order valence-electron chi connectivity index (χ0n) is 12.4. The van der Waals surface area contributed by atoms with E-state index in [1.54, 1.807) is 12.1 Å². The normalized spacial score (nSPS) is 17.3. The minimum Gasteiger partial charge on any atom is -0.434 e. The summed E-state index contributed by atoms with van der Waals surface area (Å²) in [5.41, 5.74) is 5.89. The SMILES string of the molecule is NCC(NC(=O)c1ccccc1OC(F)F)C1CCCCC1. The molecule has 4 nitrogen and oxygen atoms in total. The van der Waals surface area contributed by atoms with Crippen molar-refractivity contribution in [3.8, 4) is 5.75 Å². The van der Waals surface area contributed by atoms with Crippen LogP contribution in [0.3, 0.4) is 0 Å². The first-order chi connectivity index (χ1) is 10.6. The van der Waals surface area contributed by atoms with E-state index in [4.69, 9.17) is 5.73 Å². The van der Waals surface area contributed by atoms with Crippen LogP contribution < -0.4 is 15.8 Å². The molecule has 1 aliphatic carbocycles. The molecule has 1 aliphatic rings. The van der Waals surface area contributed by atoms with Gasteiger partial charge < -0.3 is 15.8 Å². The van der Waals surface area contributed by atoms with Crippen LogP contribution in [0, 0.1) is 5.92 Å². The van der Waals surface area contributed by atoms with E-state index in [-0.39, 0.29) is 17.4 Å². The van der Waals surface area contributed by atoms with Crippen molar-refractivity contribution in [2.75, 3.05) is 6.54 Å². The molecule has 122 valence electrons. The molecule has 1 aromatic carbocycles. The predicted octanol–water partition coefficient (Wildman–Crippen LogP) is 2.93. The van der Waals surface area contributed by atoms with Gasteiger partial charge in [-0.2, -0.15) is 8.78 Å². The number of benzene rings is 1. The molecular weight excluding hydrogens is 290 g/mol. The number of para-hydroxylation sites is 1. The second kappa shape index (κ2) is 8.08. The molecule has 0 aromatic heterocycles. The summed E-state index contributed by atoms with van der Waals surface area (Å²) in [6.45, 7) is -2.62. The topological polar surface area (TPSA) is 64.3 Å². The third-order valence-corrected chi connectivity index (χ3v) is 4.14. The van der Waals surface area contributed by atoms with Crippen molar-refractivity contribution in [3.05, 3.63) is 29.8 Å². The van der Waals surface area contributed by atoms with Crippen molar-refractivity contribution in [3.63, 3.8) is 0 Å². The van der Waals surface area contributed by atoms with Crippen LogP contribution in [0.15, 0.2) is 24.3 Å². The molecule has 0 aliphatic heterocycles. The van der Waals surface area contributed by atoms with Crippen molar-refractivity contribution < 1.29 is 18.3 Å². The Morgan fingerprint density at radius 2 is 1.95 bits per heavy atom. The summed E-state index contributed by atoms with van der Waals surface area (Å²) in [6, 6.07) is 5.87. The summed E-state index contributed by atoms with van der Waals surface area (Å²) in [5.74, 6) is -0.183. The van der Waals surface area contributed by atoms with Gasteiger partial charge in [0.1, 0.15) is 5.75 Å². The van der Waals surface area contributed by atoms with Gasteiger partial charge >= 0.3 is 6.61 Å². The molecule has 1 amide bonds. The van der Waals surface area contributed by atoms with Crippen LogP contribution in [-0.4, -0.2) is 25.1 Å². The smallest absolute Gasteiger partial charge is 0.387 e. The Morgan fingerprint density at radius 3 is 2.59 bits per heavy atom. The van der Waals surface area contributed by atoms with Gasteiger partial charge in [-0.15, -0.1) is 0 Å². The maximum atomic E-state index is 12.4. The Hall–Kier alpha value is -1.69. The predicted molar refractivity (Wildman–Crippen MR) is 80.0 cm³/mol. The molecule has 0 spiro atoms. The lowest BCUT2D eigenvalue weighted by Gasteiger charge is -2.30.